The van der Waals surface area contributed by atoms with Gasteiger partial charge in [0.2, 0.25) is 0 Å². The summed E-state index contributed by atoms with van der Waals surface area (Å²) in [4.78, 5) is 7.17. The van der Waals surface area contributed by atoms with E-state index in [0.29, 0.717) is 12.0 Å². The molecule has 2 fully saturated rings. The van der Waals surface area contributed by atoms with Gasteiger partial charge in [-0.1, -0.05) is 0 Å². The van der Waals surface area contributed by atoms with Crippen LogP contribution in [0.15, 0.2) is 4.99 Å². The molecule has 0 aliphatic carbocycles. The molecule has 7 heteroatoms. The fourth-order valence-corrected chi connectivity index (χ4v) is 3.36. The number of piperidine rings is 1. The Bertz CT molecular complexity index is 381. The largest absolute Gasteiger partial charge is 0.383 e. The zero-order valence-corrected chi connectivity index (χ0v) is 16.7. The molecule has 0 aromatic carbocycles. The first-order valence-electron chi connectivity index (χ1n) is 10.2. The third-order valence-electron chi connectivity index (χ3n) is 4.98. The van der Waals surface area contributed by atoms with Crippen LogP contribution >= 0.6 is 0 Å². The molecular formula is C19H38N4O3. The molecule has 2 N–H and O–H groups in total. The first kappa shape index (κ1) is 21.4. The van der Waals surface area contributed by atoms with E-state index in [2.05, 4.69) is 22.5 Å². The smallest absolute Gasteiger partial charge is 0.191 e. The van der Waals surface area contributed by atoms with E-state index in [1.807, 2.05) is 0 Å². The van der Waals surface area contributed by atoms with Gasteiger partial charge in [-0.15, -0.1) is 0 Å². The Labute approximate surface area is 158 Å². The number of nitrogens with one attached hydrogen (secondary N) is 2. The summed E-state index contributed by atoms with van der Waals surface area (Å²) in [5, 5.41) is 6.95. The zero-order chi connectivity index (χ0) is 18.5. The molecule has 0 aromatic rings. The van der Waals surface area contributed by atoms with Crippen molar-refractivity contribution in [2.45, 2.75) is 38.6 Å². The van der Waals surface area contributed by atoms with E-state index in [1.165, 1.54) is 0 Å². The molecular weight excluding hydrogens is 332 g/mol. The minimum absolute atomic E-state index is 0.505. The van der Waals surface area contributed by atoms with Crippen molar-refractivity contribution < 1.29 is 14.2 Å². The minimum atomic E-state index is 0.505. The summed E-state index contributed by atoms with van der Waals surface area (Å²) in [6.07, 6.45) is 4.40. The van der Waals surface area contributed by atoms with Gasteiger partial charge >= 0.3 is 0 Å². The van der Waals surface area contributed by atoms with Crippen LogP contribution in [-0.2, 0) is 14.2 Å². The van der Waals surface area contributed by atoms with Gasteiger partial charge < -0.3 is 29.7 Å². The van der Waals surface area contributed by atoms with E-state index in [9.17, 15) is 0 Å². The molecule has 2 aliphatic heterocycles. The zero-order valence-electron chi connectivity index (χ0n) is 16.7. The highest BCUT2D eigenvalue weighted by Crippen LogP contribution is 2.12. The number of guanidine groups is 1. The lowest BCUT2D eigenvalue weighted by Crippen LogP contribution is -2.49. The van der Waals surface area contributed by atoms with Gasteiger partial charge in [0.15, 0.2) is 5.96 Å². The van der Waals surface area contributed by atoms with E-state index in [4.69, 9.17) is 19.2 Å². The monoisotopic (exact) mass is 370 g/mol. The Morgan fingerprint density at radius 3 is 2.77 bits per heavy atom. The van der Waals surface area contributed by atoms with Crippen LogP contribution < -0.4 is 10.6 Å². The number of hydrogen-bond acceptors (Lipinski definition) is 5. The average Bonchev–Trinajstić information content (AvgIpc) is 3.17. The van der Waals surface area contributed by atoms with Gasteiger partial charge in [0.1, 0.15) is 0 Å². The second-order valence-corrected chi connectivity index (χ2v) is 7.17. The Morgan fingerprint density at radius 2 is 2.08 bits per heavy atom. The molecule has 1 unspecified atom stereocenters. The minimum Gasteiger partial charge on any atom is -0.383 e. The molecule has 152 valence electrons. The summed E-state index contributed by atoms with van der Waals surface area (Å²) < 4.78 is 16.3. The molecule has 2 rings (SSSR count). The number of methoxy groups -OCH3 is 1. The van der Waals surface area contributed by atoms with Gasteiger partial charge in [0.25, 0.3) is 0 Å². The maximum absolute atomic E-state index is 5.75. The van der Waals surface area contributed by atoms with Crippen LogP contribution in [0.25, 0.3) is 0 Å². The molecule has 0 amide bonds. The van der Waals surface area contributed by atoms with Gasteiger partial charge in [-0.2, -0.15) is 0 Å². The summed E-state index contributed by atoms with van der Waals surface area (Å²) in [5.41, 5.74) is 0. The lowest BCUT2D eigenvalue weighted by atomic mass is 10.1. The van der Waals surface area contributed by atoms with E-state index in [1.54, 1.807) is 7.11 Å². The van der Waals surface area contributed by atoms with Crippen molar-refractivity contribution in [3.63, 3.8) is 0 Å². The number of ether oxygens (including phenoxy) is 3. The molecule has 0 spiro atoms. The Morgan fingerprint density at radius 1 is 1.23 bits per heavy atom. The van der Waals surface area contributed by atoms with Crippen molar-refractivity contribution in [1.29, 1.82) is 0 Å². The number of likely N-dealkylation sites (tertiary alicyclic amines) is 1. The Balaban J connectivity index is 1.58. The molecule has 0 saturated carbocycles. The third-order valence-corrected chi connectivity index (χ3v) is 4.98. The Hall–Kier alpha value is -0.890. The third kappa shape index (κ3) is 8.66. The second kappa shape index (κ2) is 13.3. The maximum atomic E-state index is 5.75. The standard InChI is InChI=1S/C19H38N4O3/c1-3-20-19(21-8-4-12-25-15-17-7-13-26-16-17)22-18-5-9-23(10-6-18)11-14-24-2/h17-18H,3-16H2,1-2H3,(H2,20,21,22). The molecule has 7 nitrogen and oxygen atoms in total. The number of aliphatic imine (C=N–C) groups is 1. The molecule has 0 aromatic heterocycles. The van der Waals surface area contributed by atoms with E-state index < -0.39 is 0 Å². The molecule has 2 saturated heterocycles. The normalized spacial score (nSPS) is 22.7. The molecule has 26 heavy (non-hydrogen) atoms. The molecule has 1 atom stereocenters. The molecule has 0 radical (unpaired) electrons. The molecule has 0 bridgehead atoms. The topological polar surface area (TPSA) is 67.4 Å². The van der Waals surface area contributed by atoms with E-state index in [0.717, 1.165) is 97.4 Å². The van der Waals surface area contributed by atoms with Crippen molar-refractivity contribution in [2.75, 3.05) is 72.9 Å². The second-order valence-electron chi connectivity index (χ2n) is 7.17. The van der Waals surface area contributed by atoms with Crippen LogP contribution in [0.2, 0.25) is 0 Å². The Kier molecular flexibility index (Phi) is 11.0. The van der Waals surface area contributed by atoms with Crippen molar-refractivity contribution >= 4 is 5.96 Å². The van der Waals surface area contributed by atoms with Gasteiger partial charge in [0, 0.05) is 65.0 Å². The maximum Gasteiger partial charge on any atom is 0.191 e. The van der Waals surface area contributed by atoms with E-state index >= 15 is 0 Å². The van der Waals surface area contributed by atoms with Crippen molar-refractivity contribution in [2.24, 2.45) is 10.9 Å². The average molecular weight is 371 g/mol. The predicted molar refractivity (Wildman–Crippen MR) is 105 cm³/mol. The highest BCUT2D eigenvalue weighted by molar-refractivity contribution is 5.80. The van der Waals surface area contributed by atoms with Crippen LogP contribution in [0.5, 0.6) is 0 Å². The number of hydrogen-bond donors (Lipinski definition) is 2. The first-order valence-corrected chi connectivity index (χ1v) is 10.2. The lowest BCUT2D eigenvalue weighted by molar-refractivity contribution is 0.0893. The van der Waals surface area contributed by atoms with Crippen LogP contribution in [0.1, 0.15) is 32.6 Å². The van der Waals surface area contributed by atoms with Crippen molar-refractivity contribution in [1.82, 2.24) is 15.5 Å². The molecule has 2 aliphatic rings. The summed E-state index contributed by atoms with van der Waals surface area (Å²) in [6.45, 7) is 11.2. The quantitative estimate of drug-likeness (QED) is 0.322. The molecule has 2 heterocycles. The van der Waals surface area contributed by atoms with Crippen LogP contribution in [0.3, 0.4) is 0 Å². The van der Waals surface area contributed by atoms with Gasteiger partial charge in [-0.25, -0.2) is 0 Å². The predicted octanol–water partition coefficient (Wildman–Crippen LogP) is 1.10. The number of nitrogens with zero attached hydrogens (tertiary/aromatic N) is 2. The van der Waals surface area contributed by atoms with Crippen molar-refractivity contribution in [3.05, 3.63) is 0 Å². The fraction of sp³-hybridized carbons (Fsp3) is 0.947. The van der Waals surface area contributed by atoms with E-state index in [-0.39, 0.29) is 0 Å². The number of rotatable bonds is 11. The van der Waals surface area contributed by atoms with Gasteiger partial charge in [0.05, 0.1) is 19.8 Å². The van der Waals surface area contributed by atoms with Crippen molar-refractivity contribution in [3.8, 4) is 0 Å². The summed E-state index contributed by atoms with van der Waals surface area (Å²) in [6, 6.07) is 0.505. The lowest BCUT2D eigenvalue weighted by Gasteiger charge is -2.32. The summed E-state index contributed by atoms with van der Waals surface area (Å²) in [7, 11) is 1.77. The highest BCUT2D eigenvalue weighted by Gasteiger charge is 2.19. The highest BCUT2D eigenvalue weighted by atomic mass is 16.5. The van der Waals surface area contributed by atoms with Gasteiger partial charge in [-0.3, -0.25) is 4.99 Å². The van der Waals surface area contributed by atoms with Crippen LogP contribution in [0.4, 0.5) is 0 Å². The fourth-order valence-electron chi connectivity index (χ4n) is 3.36. The summed E-state index contributed by atoms with van der Waals surface area (Å²) >= 11 is 0. The first-order chi connectivity index (χ1) is 12.8. The summed E-state index contributed by atoms with van der Waals surface area (Å²) in [5.74, 6) is 1.53. The van der Waals surface area contributed by atoms with Crippen LogP contribution in [-0.4, -0.2) is 89.8 Å². The van der Waals surface area contributed by atoms with Crippen LogP contribution in [0, 0.1) is 5.92 Å². The van der Waals surface area contributed by atoms with Gasteiger partial charge in [-0.05, 0) is 32.6 Å². The SMILES string of the molecule is CCNC(=NCCCOCC1CCOC1)NC1CCN(CCOC)CC1.